The SMILES string of the molecule is BrCCN1CCC(c2ccccc2)C1. The molecule has 1 aromatic rings. The molecule has 0 amide bonds. The Morgan fingerprint density at radius 1 is 1.29 bits per heavy atom. The third kappa shape index (κ3) is 2.37. The first-order valence-corrected chi connectivity index (χ1v) is 6.35. The summed E-state index contributed by atoms with van der Waals surface area (Å²) in [5.41, 5.74) is 1.50. The zero-order chi connectivity index (χ0) is 9.80. The van der Waals surface area contributed by atoms with Crippen LogP contribution in [0.15, 0.2) is 30.3 Å². The molecule has 2 heteroatoms. The summed E-state index contributed by atoms with van der Waals surface area (Å²) in [5, 5.41) is 1.09. The van der Waals surface area contributed by atoms with Gasteiger partial charge in [0.15, 0.2) is 0 Å². The van der Waals surface area contributed by atoms with Gasteiger partial charge in [0.05, 0.1) is 0 Å². The van der Waals surface area contributed by atoms with Crippen molar-refractivity contribution in [3.63, 3.8) is 0 Å². The summed E-state index contributed by atoms with van der Waals surface area (Å²) in [7, 11) is 0. The molecule has 2 rings (SSSR count). The number of benzene rings is 1. The van der Waals surface area contributed by atoms with Crippen molar-refractivity contribution in [2.75, 3.05) is 25.0 Å². The van der Waals surface area contributed by atoms with Crippen molar-refractivity contribution in [3.8, 4) is 0 Å². The predicted molar refractivity (Wildman–Crippen MR) is 64.0 cm³/mol. The maximum absolute atomic E-state index is 3.49. The highest BCUT2D eigenvalue weighted by Crippen LogP contribution is 2.26. The molecule has 0 aliphatic carbocycles. The van der Waals surface area contributed by atoms with E-state index < -0.39 is 0 Å². The molecule has 0 aromatic heterocycles. The fourth-order valence-electron chi connectivity index (χ4n) is 2.15. The van der Waals surface area contributed by atoms with Crippen LogP contribution in [0.25, 0.3) is 0 Å². The van der Waals surface area contributed by atoms with E-state index >= 15 is 0 Å². The van der Waals surface area contributed by atoms with Gasteiger partial charge in [0.1, 0.15) is 0 Å². The average molecular weight is 254 g/mol. The number of rotatable bonds is 3. The normalized spacial score (nSPS) is 22.8. The average Bonchev–Trinajstić information content (AvgIpc) is 2.68. The topological polar surface area (TPSA) is 3.24 Å². The Bertz CT molecular complexity index is 273. The lowest BCUT2D eigenvalue weighted by Gasteiger charge is -2.14. The van der Waals surface area contributed by atoms with Crippen LogP contribution in [0.2, 0.25) is 0 Å². The maximum atomic E-state index is 3.49. The summed E-state index contributed by atoms with van der Waals surface area (Å²) < 4.78 is 0. The van der Waals surface area contributed by atoms with Gasteiger partial charge in [-0.25, -0.2) is 0 Å². The second-order valence-electron chi connectivity index (χ2n) is 3.89. The summed E-state index contributed by atoms with van der Waals surface area (Å²) in [6.45, 7) is 3.67. The standard InChI is InChI=1S/C12H16BrN/c13-7-9-14-8-6-12(10-14)11-4-2-1-3-5-11/h1-5,12H,6-10H2. The number of halogens is 1. The van der Waals surface area contributed by atoms with Crippen LogP contribution in [0.5, 0.6) is 0 Å². The Labute approximate surface area is 94.2 Å². The largest absolute Gasteiger partial charge is 0.302 e. The van der Waals surface area contributed by atoms with Gasteiger partial charge >= 0.3 is 0 Å². The van der Waals surface area contributed by atoms with Crippen molar-refractivity contribution < 1.29 is 0 Å². The Hall–Kier alpha value is -0.340. The van der Waals surface area contributed by atoms with Gasteiger partial charge in [0.25, 0.3) is 0 Å². The fraction of sp³-hybridized carbons (Fsp3) is 0.500. The minimum atomic E-state index is 0.759. The van der Waals surface area contributed by atoms with Crippen LogP contribution in [0.4, 0.5) is 0 Å². The smallest absolute Gasteiger partial charge is 0.0159 e. The molecule has 1 aliphatic rings. The second-order valence-corrected chi connectivity index (χ2v) is 4.68. The first-order chi connectivity index (χ1) is 6.90. The number of alkyl halides is 1. The predicted octanol–water partition coefficient (Wildman–Crippen LogP) is 2.87. The lowest BCUT2D eigenvalue weighted by molar-refractivity contribution is 0.358. The lowest BCUT2D eigenvalue weighted by atomic mass is 9.99. The first-order valence-electron chi connectivity index (χ1n) is 5.23. The molecule has 0 radical (unpaired) electrons. The van der Waals surface area contributed by atoms with E-state index in [0.717, 1.165) is 11.2 Å². The third-order valence-electron chi connectivity index (χ3n) is 2.94. The van der Waals surface area contributed by atoms with Crippen LogP contribution in [-0.2, 0) is 0 Å². The van der Waals surface area contributed by atoms with E-state index in [-0.39, 0.29) is 0 Å². The summed E-state index contributed by atoms with van der Waals surface area (Å²) in [5.74, 6) is 0.759. The van der Waals surface area contributed by atoms with Crippen LogP contribution in [0.1, 0.15) is 17.9 Å². The molecule has 1 nitrogen and oxygen atoms in total. The lowest BCUT2D eigenvalue weighted by Crippen LogP contribution is -2.22. The van der Waals surface area contributed by atoms with E-state index in [2.05, 4.69) is 51.2 Å². The van der Waals surface area contributed by atoms with E-state index in [4.69, 9.17) is 0 Å². The molecule has 0 spiro atoms. The molecule has 0 N–H and O–H groups in total. The van der Waals surface area contributed by atoms with Gasteiger partial charge < -0.3 is 4.90 Å². The van der Waals surface area contributed by atoms with Crippen molar-refractivity contribution in [1.82, 2.24) is 4.90 Å². The van der Waals surface area contributed by atoms with E-state index in [1.165, 1.54) is 31.6 Å². The maximum Gasteiger partial charge on any atom is 0.0159 e. The minimum absolute atomic E-state index is 0.759. The van der Waals surface area contributed by atoms with Gasteiger partial charge in [-0.2, -0.15) is 0 Å². The van der Waals surface area contributed by atoms with Crippen molar-refractivity contribution >= 4 is 15.9 Å². The van der Waals surface area contributed by atoms with Crippen molar-refractivity contribution in [3.05, 3.63) is 35.9 Å². The van der Waals surface area contributed by atoms with Crippen LogP contribution in [-0.4, -0.2) is 29.9 Å². The monoisotopic (exact) mass is 253 g/mol. The summed E-state index contributed by atoms with van der Waals surface area (Å²) >= 11 is 3.49. The molecule has 1 saturated heterocycles. The number of hydrogen-bond donors (Lipinski definition) is 0. The van der Waals surface area contributed by atoms with Crippen LogP contribution in [0.3, 0.4) is 0 Å². The highest BCUT2D eigenvalue weighted by atomic mass is 79.9. The number of hydrogen-bond acceptors (Lipinski definition) is 1. The first kappa shape index (κ1) is 10.2. The Kier molecular flexibility index (Phi) is 3.60. The molecule has 14 heavy (non-hydrogen) atoms. The van der Waals surface area contributed by atoms with E-state index in [1.54, 1.807) is 0 Å². The van der Waals surface area contributed by atoms with Crippen LogP contribution >= 0.6 is 15.9 Å². The molecule has 1 atom stereocenters. The highest BCUT2D eigenvalue weighted by Gasteiger charge is 2.22. The molecule has 1 aromatic carbocycles. The van der Waals surface area contributed by atoms with Gasteiger partial charge in [-0.3, -0.25) is 0 Å². The fourth-order valence-corrected chi connectivity index (χ4v) is 2.65. The molecule has 1 fully saturated rings. The summed E-state index contributed by atoms with van der Waals surface area (Å²) in [4.78, 5) is 2.53. The Balaban J connectivity index is 1.96. The summed E-state index contributed by atoms with van der Waals surface area (Å²) in [6, 6.07) is 10.9. The van der Waals surface area contributed by atoms with Crippen LogP contribution in [0, 0.1) is 0 Å². The van der Waals surface area contributed by atoms with Crippen molar-refractivity contribution in [2.24, 2.45) is 0 Å². The van der Waals surface area contributed by atoms with Gasteiger partial charge in [0, 0.05) is 18.4 Å². The van der Waals surface area contributed by atoms with E-state index in [0.29, 0.717) is 0 Å². The van der Waals surface area contributed by atoms with E-state index in [1.807, 2.05) is 0 Å². The van der Waals surface area contributed by atoms with Gasteiger partial charge in [-0.1, -0.05) is 46.3 Å². The van der Waals surface area contributed by atoms with Gasteiger partial charge in [0.2, 0.25) is 0 Å². The Morgan fingerprint density at radius 3 is 2.79 bits per heavy atom. The zero-order valence-corrected chi connectivity index (χ0v) is 9.91. The number of nitrogens with zero attached hydrogens (tertiary/aromatic N) is 1. The highest BCUT2D eigenvalue weighted by molar-refractivity contribution is 9.09. The molecule has 0 saturated carbocycles. The molecule has 0 bridgehead atoms. The summed E-state index contributed by atoms with van der Waals surface area (Å²) in [6.07, 6.45) is 1.32. The molecule has 76 valence electrons. The third-order valence-corrected chi connectivity index (χ3v) is 3.30. The molecular formula is C12H16BrN. The van der Waals surface area contributed by atoms with Crippen LogP contribution < -0.4 is 0 Å². The van der Waals surface area contributed by atoms with Gasteiger partial charge in [-0.15, -0.1) is 0 Å². The molecule has 1 aliphatic heterocycles. The molecular weight excluding hydrogens is 238 g/mol. The second kappa shape index (κ2) is 4.94. The van der Waals surface area contributed by atoms with Gasteiger partial charge in [-0.05, 0) is 24.4 Å². The van der Waals surface area contributed by atoms with Crippen molar-refractivity contribution in [1.29, 1.82) is 0 Å². The molecule has 1 heterocycles. The quantitative estimate of drug-likeness (QED) is 0.750. The minimum Gasteiger partial charge on any atom is -0.302 e. The Morgan fingerprint density at radius 2 is 2.07 bits per heavy atom. The van der Waals surface area contributed by atoms with E-state index in [9.17, 15) is 0 Å². The number of likely N-dealkylation sites (tertiary alicyclic amines) is 1. The molecule has 1 unspecified atom stereocenters. The zero-order valence-electron chi connectivity index (χ0n) is 8.32. The van der Waals surface area contributed by atoms with Crippen molar-refractivity contribution in [2.45, 2.75) is 12.3 Å².